The molecular weight excluding hydrogens is 172 g/mol. The number of rotatable bonds is 3. The molecule has 2 nitrogen and oxygen atoms in total. The highest BCUT2D eigenvalue weighted by Gasteiger charge is 2.28. The lowest BCUT2D eigenvalue weighted by molar-refractivity contribution is 0.317. The van der Waals surface area contributed by atoms with Gasteiger partial charge in [-0.1, -0.05) is 39.0 Å². The van der Waals surface area contributed by atoms with Gasteiger partial charge >= 0.3 is 0 Å². The van der Waals surface area contributed by atoms with Gasteiger partial charge in [-0.15, -0.1) is 0 Å². The van der Waals surface area contributed by atoms with Crippen LogP contribution in [0.25, 0.3) is 0 Å². The zero-order valence-electron chi connectivity index (χ0n) is 9.31. The molecule has 1 N–H and O–H groups in total. The second-order valence-electron chi connectivity index (χ2n) is 4.39. The molecule has 1 rings (SSSR count). The average molecular weight is 194 g/mol. The molecule has 0 aromatic heterocycles. The third-order valence-corrected chi connectivity index (χ3v) is 3.13. The van der Waals surface area contributed by atoms with Crippen LogP contribution in [0.5, 0.6) is 0 Å². The molecule has 0 amide bonds. The first kappa shape index (κ1) is 11.5. The Hall–Kier alpha value is -0.550. The summed E-state index contributed by atoms with van der Waals surface area (Å²) in [6, 6.07) is 2.51. The summed E-state index contributed by atoms with van der Waals surface area (Å²) in [5, 5.41) is 12.7. The van der Waals surface area contributed by atoms with E-state index in [2.05, 4.69) is 18.3 Å². The Morgan fingerprint density at radius 2 is 1.71 bits per heavy atom. The van der Waals surface area contributed by atoms with E-state index >= 15 is 0 Å². The second-order valence-corrected chi connectivity index (χ2v) is 4.39. The molecule has 0 aromatic rings. The van der Waals surface area contributed by atoms with Gasteiger partial charge in [-0.3, -0.25) is 5.32 Å². The van der Waals surface area contributed by atoms with Crippen LogP contribution in [-0.2, 0) is 0 Å². The molecule has 0 atom stereocenters. The molecule has 0 aliphatic heterocycles. The molecule has 1 aliphatic rings. The Bertz CT molecular complexity index is 179. The summed E-state index contributed by atoms with van der Waals surface area (Å²) in [5.41, 5.74) is -0.198. The van der Waals surface area contributed by atoms with E-state index in [0.29, 0.717) is 0 Å². The molecule has 1 aliphatic carbocycles. The van der Waals surface area contributed by atoms with Crippen LogP contribution in [-0.4, -0.2) is 12.1 Å². The molecule has 0 spiro atoms. The van der Waals surface area contributed by atoms with Crippen LogP contribution in [0.1, 0.15) is 58.3 Å². The van der Waals surface area contributed by atoms with E-state index < -0.39 is 0 Å². The van der Waals surface area contributed by atoms with E-state index in [9.17, 15) is 5.26 Å². The van der Waals surface area contributed by atoms with Crippen molar-refractivity contribution in [2.75, 3.05) is 6.54 Å². The molecule has 80 valence electrons. The van der Waals surface area contributed by atoms with Crippen LogP contribution in [0.2, 0.25) is 0 Å². The molecule has 0 heterocycles. The zero-order valence-corrected chi connectivity index (χ0v) is 9.31. The number of nitrogens with zero attached hydrogens (tertiary/aromatic N) is 1. The minimum atomic E-state index is -0.198. The van der Waals surface area contributed by atoms with Crippen LogP contribution in [0.3, 0.4) is 0 Å². The zero-order chi connectivity index (χ0) is 10.3. The summed E-state index contributed by atoms with van der Waals surface area (Å²) < 4.78 is 0. The Morgan fingerprint density at radius 1 is 1.14 bits per heavy atom. The number of nitriles is 1. The molecule has 1 fully saturated rings. The highest BCUT2D eigenvalue weighted by molar-refractivity contribution is 5.07. The van der Waals surface area contributed by atoms with E-state index in [-0.39, 0.29) is 5.54 Å². The maximum Gasteiger partial charge on any atom is 0.106 e. The van der Waals surface area contributed by atoms with Crippen LogP contribution in [0, 0.1) is 11.3 Å². The van der Waals surface area contributed by atoms with Gasteiger partial charge in [-0.25, -0.2) is 0 Å². The molecule has 0 saturated heterocycles. The minimum Gasteiger partial charge on any atom is -0.299 e. The van der Waals surface area contributed by atoms with Crippen molar-refractivity contribution in [3.63, 3.8) is 0 Å². The third-order valence-electron chi connectivity index (χ3n) is 3.13. The van der Waals surface area contributed by atoms with Gasteiger partial charge in [-0.05, 0) is 25.8 Å². The Kier molecular flexibility index (Phi) is 4.97. The molecule has 0 aromatic carbocycles. The van der Waals surface area contributed by atoms with Gasteiger partial charge in [0.2, 0.25) is 0 Å². The maximum absolute atomic E-state index is 9.27. The SMILES string of the molecule is CCCNC1(C#N)CCCCCCC1. The maximum atomic E-state index is 9.27. The minimum absolute atomic E-state index is 0.198. The normalized spacial score (nSPS) is 22.0. The molecule has 1 saturated carbocycles. The van der Waals surface area contributed by atoms with Crippen molar-refractivity contribution in [2.24, 2.45) is 0 Å². The summed E-state index contributed by atoms with van der Waals surface area (Å²) in [6.07, 6.45) is 9.59. The van der Waals surface area contributed by atoms with Crippen molar-refractivity contribution in [3.05, 3.63) is 0 Å². The van der Waals surface area contributed by atoms with Crippen molar-refractivity contribution >= 4 is 0 Å². The van der Waals surface area contributed by atoms with Crippen LogP contribution >= 0.6 is 0 Å². The van der Waals surface area contributed by atoms with E-state index in [1.54, 1.807) is 0 Å². The Labute approximate surface area is 87.7 Å². The summed E-state index contributed by atoms with van der Waals surface area (Å²) >= 11 is 0. The summed E-state index contributed by atoms with van der Waals surface area (Å²) in [6.45, 7) is 3.13. The predicted octanol–water partition coefficient (Wildman–Crippen LogP) is 2.99. The molecule has 2 heteroatoms. The number of nitrogens with one attached hydrogen (secondary N) is 1. The van der Waals surface area contributed by atoms with Gasteiger partial charge < -0.3 is 0 Å². The lowest BCUT2D eigenvalue weighted by atomic mass is 9.85. The number of hydrogen-bond donors (Lipinski definition) is 1. The van der Waals surface area contributed by atoms with Crippen LogP contribution in [0.4, 0.5) is 0 Å². The molecule has 0 bridgehead atoms. The van der Waals surface area contributed by atoms with Gasteiger partial charge in [0.1, 0.15) is 5.54 Å². The van der Waals surface area contributed by atoms with E-state index in [1.807, 2.05) is 0 Å². The lowest BCUT2D eigenvalue weighted by Crippen LogP contribution is -2.44. The van der Waals surface area contributed by atoms with Gasteiger partial charge in [0.15, 0.2) is 0 Å². The first-order valence-electron chi connectivity index (χ1n) is 5.99. The fourth-order valence-electron chi connectivity index (χ4n) is 2.20. The highest BCUT2D eigenvalue weighted by Crippen LogP contribution is 2.25. The predicted molar refractivity (Wildman–Crippen MR) is 59.0 cm³/mol. The summed E-state index contributed by atoms with van der Waals surface area (Å²) in [5.74, 6) is 0. The molecule has 14 heavy (non-hydrogen) atoms. The van der Waals surface area contributed by atoms with Crippen LogP contribution < -0.4 is 5.32 Å². The van der Waals surface area contributed by atoms with Crippen LogP contribution in [0.15, 0.2) is 0 Å². The Balaban J connectivity index is 2.50. The number of hydrogen-bond acceptors (Lipinski definition) is 2. The van der Waals surface area contributed by atoms with Crippen molar-refractivity contribution in [2.45, 2.75) is 63.8 Å². The van der Waals surface area contributed by atoms with E-state index in [1.165, 1.54) is 32.1 Å². The van der Waals surface area contributed by atoms with Crippen molar-refractivity contribution in [3.8, 4) is 6.07 Å². The van der Waals surface area contributed by atoms with Gasteiger partial charge in [-0.2, -0.15) is 5.26 Å². The van der Waals surface area contributed by atoms with Gasteiger partial charge in [0.25, 0.3) is 0 Å². The third kappa shape index (κ3) is 3.31. The Morgan fingerprint density at radius 3 is 2.21 bits per heavy atom. The fourth-order valence-corrected chi connectivity index (χ4v) is 2.20. The second kappa shape index (κ2) is 6.03. The highest BCUT2D eigenvalue weighted by atomic mass is 15.0. The van der Waals surface area contributed by atoms with Gasteiger partial charge in [0, 0.05) is 0 Å². The standard InChI is InChI=1S/C12H22N2/c1-2-10-14-12(11-13)8-6-4-3-5-7-9-12/h14H,2-10H2,1H3. The monoisotopic (exact) mass is 194 g/mol. The van der Waals surface area contributed by atoms with Crippen molar-refractivity contribution in [1.82, 2.24) is 5.32 Å². The van der Waals surface area contributed by atoms with E-state index in [0.717, 1.165) is 25.8 Å². The molecule has 0 unspecified atom stereocenters. The van der Waals surface area contributed by atoms with Gasteiger partial charge in [0.05, 0.1) is 6.07 Å². The first-order valence-corrected chi connectivity index (χ1v) is 5.99. The molecular formula is C12H22N2. The van der Waals surface area contributed by atoms with Crippen molar-refractivity contribution in [1.29, 1.82) is 5.26 Å². The molecule has 0 radical (unpaired) electrons. The topological polar surface area (TPSA) is 35.8 Å². The van der Waals surface area contributed by atoms with E-state index in [4.69, 9.17) is 0 Å². The summed E-state index contributed by atoms with van der Waals surface area (Å²) in [7, 11) is 0. The largest absolute Gasteiger partial charge is 0.299 e. The quantitative estimate of drug-likeness (QED) is 0.749. The smallest absolute Gasteiger partial charge is 0.106 e. The van der Waals surface area contributed by atoms with Crippen molar-refractivity contribution < 1.29 is 0 Å². The average Bonchev–Trinajstić information content (AvgIpc) is 2.18. The first-order chi connectivity index (χ1) is 6.83. The lowest BCUT2D eigenvalue weighted by Gasteiger charge is -2.29. The fraction of sp³-hybridized carbons (Fsp3) is 0.917. The summed E-state index contributed by atoms with van der Waals surface area (Å²) in [4.78, 5) is 0.